The fourth-order valence-electron chi connectivity index (χ4n) is 4.49. The molecular formula is C39H35ClN2O4S. The van der Waals surface area contributed by atoms with Crippen molar-refractivity contribution in [2.75, 3.05) is 17.7 Å². The molecule has 0 aromatic heterocycles. The third-order valence-corrected chi connectivity index (χ3v) is 8.32. The zero-order valence-corrected chi connectivity index (χ0v) is 28.0. The summed E-state index contributed by atoms with van der Waals surface area (Å²) in [5, 5.41) is 4.49. The number of rotatable bonds is 11. The number of carbonyl (C=O) groups is 3. The topological polar surface area (TPSA) is 76.0 Å². The van der Waals surface area contributed by atoms with Crippen molar-refractivity contribution in [3.05, 3.63) is 161 Å². The number of halogens is 1. The molecule has 5 aromatic carbocycles. The largest absolute Gasteiger partial charge is 0.345 e. The van der Waals surface area contributed by atoms with Gasteiger partial charge in [0.15, 0.2) is 5.78 Å². The van der Waals surface area contributed by atoms with Gasteiger partial charge in [0.05, 0.1) is 0 Å². The van der Waals surface area contributed by atoms with E-state index >= 15 is 0 Å². The van der Waals surface area contributed by atoms with E-state index < -0.39 is 5.97 Å². The fraction of sp³-hybridized carbons (Fsp3) is 0.128. The predicted molar refractivity (Wildman–Crippen MR) is 192 cm³/mol. The van der Waals surface area contributed by atoms with Gasteiger partial charge in [-0.1, -0.05) is 89.6 Å². The van der Waals surface area contributed by atoms with Crippen molar-refractivity contribution in [2.45, 2.75) is 25.2 Å². The number of Topliss-reactive ketones (excluding diaryl/α,β-unsaturated/α-hetero) is 1. The molecule has 0 amide bonds. The number of benzene rings is 5. The van der Waals surface area contributed by atoms with Crippen LogP contribution < -0.4 is 4.90 Å². The molecule has 0 bridgehead atoms. The molecule has 0 aliphatic rings. The van der Waals surface area contributed by atoms with E-state index in [-0.39, 0.29) is 17.3 Å². The highest BCUT2D eigenvalue weighted by Crippen LogP contribution is 2.25. The number of para-hydroxylation sites is 1. The summed E-state index contributed by atoms with van der Waals surface area (Å²) in [6.45, 7) is 3.21. The van der Waals surface area contributed by atoms with Gasteiger partial charge < -0.3 is 9.74 Å². The van der Waals surface area contributed by atoms with Gasteiger partial charge >= 0.3 is 5.97 Å². The van der Waals surface area contributed by atoms with Crippen molar-refractivity contribution >= 4 is 58.0 Å². The maximum Gasteiger partial charge on any atom is 0.331 e. The van der Waals surface area contributed by atoms with Crippen LogP contribution in [0.1, 0.15) is 45.2 Å². The number of thioether (sulfide) groups is 1. The van der Waals surface area contributed by atoms with Crippen LogP contribution in [0.4, 0.5) is 11.4 Å². The summed E-state index contributed by atoms with van der Waals surface area (Å²) in [6, 6.07) is 41.7. The molecular weight excluding hydrogens is 628 g/mol. The summed E-state index contributed by atoms with van der Waals surface area (Å²) in [5.74, 6) is -0.145. The SMILES string of the molecule is CC(=O)O/N=C(\CCSc1ccc(Cl)cc1)C(=O)c1ccc(N(C)c2ccccc2)cc1.Cc1ccccc1C(=O)c1ccccc1. The summed E-state index contributed by atoms with van der Waals surface area (Å²) in [7, 11) is 1.97. The minimum Gasteiger partial charge on any atom is -0.345 e. The molecule has 0 atom stereocenters. The standard InChI is InChI=1S/C25H23ClN2O3S.C14H12O/c1-18(29)31-27-24(16-17-32-23-14-10-20(26)11-15-23)25(30)19-8-12-22(13-9-19)28(2)21-6-4-3-5-7-21;1-11-7-5-6-10-13(11)14(15)12-8-3-2-4-9-12/h3-15H,16-17H2,1-2H3;2-10H,1H3/b27-24+;. The number of hydrogen-bond acceptors (Lipinski definition) is 7. The number of aryl methyl sites for hydroxylation is 1. The van der Waals surface area contributed by atoms with Gasteiger partial charge in [0, 0.05) is 64.1 Å². The highest BCUT2D eigenvalue weighted by molar-refractivity contribution is 7.99. The van der Waals surface area contributed by atoms with E-state index in [1.807, 2.05) is 140 Å². The Labute approximate surface area is 285 Å². The minimum atomic E-state index is -0.569. The van der Waals surface area contributed by atoms with E-state index in [1.54, 1.807) is 23.9 Å². The summed E-state index contributed by atoms with van der Waals surface area (Å²) >= 11 is 7.49. The number of hydrogen-bond donors (Lipinski definition) is 0. The van der Waals surface area contributed by atoms with E-state index in [4.69, 9.17) is 16.4 Å². The number of oxime groups is 1. The maximum atomic E-state index is 13.0. The molecule has 0 heterocycles. The molecule has 0 aliphatic carbocycles. The normalized spacial score (nSPS) is 10.8. The summed E-state index contributed by atoms with van der Waals surface area (Å²) < 4.78 is 0. The zero-order valence-electron chi connectivity index (χ0n) is 26.4. The maximum absolute atomic E-state index is 13.0. The lowest BCUT2D eigenvalue weighted by Crippen LogP contribution is -2.17. The predicted octanol–water partition coefficient (Wildman–Crippen LogP) is 9.62. The minimum absolute atomic E-state index is 0.0914. The summed E-state index contributed by atoms with van der Waals surface area (Å²) in [4.78, 5) is 44.2. The van der Waals surface area contributed by atoms with E-state index in [0.717, 1.165) is 33.0 Å². The molecule has 8 heteroatoms. The van der Waals surface area contributed by atoms with Crippen molar-refractivity contribution in [1.29, 1.82) is 0 Å². The number of anilines is 2. The van der Waals surface area contributed by atoms with E-state index in [9.17, 15) is 14.4 Å². The molecule has 5 rings (SSSR count). The first-order valence-electron chi connectivity index (χ1n) is 14.9. The Morgan fingerprint density at radius 2 is 1.30 bits per heavy atom. The number of ketones is 2. The van der Waals surface area contributed by atoms with Gasteiger partial charge in [-0.05, 0) is 73.2 Å². The van der Waals surface area contributed by atoms with Gasteiger partial charge in [-0.2, -0.15) is 0 Å². The Bertz CT molecular complexity index is 1810. The summed E-state index contributed by atoms with van der Waals surface area (Å²) in [6.07, 6.45) is 0.352. The van der Waals surface area contributed by atoms with Crippen LogP contribution in [0.2, 0.25) is 5.02 Å². The second kappa shape index (κ2) is 17.6. The van der Waals surface area contributed by atoms with Crippen LogP contribution in [0, 0.1) is 6.92 Å². The highest BCUT2D eigenvalue weighted by atomic mass is 35.5. The Hall–Kier alpha value is -4.98. The van der Waals surface area contributed by atoms with Crippen molar-refractivity contribution in [1.82, 2.24) is 0 Å². The van der Waals surface area contributed by atoms with Crippen molar-refractivity contribution < 1.29 is 19.2 Å². The van der Waals surface area contributed by atoms with Crippen LogP contribution in [0.3, 0.4) is 0 Å². The first-order valence-corrected chi connectivity index (χ1v) is 16.3. The van der Waals surface area contributed by atoms with Crippen LogP contribution in [0.5, 0.6) is 0 Å². The third-order valence-electron chi connectivity index (χ3n) is 7.05. The summed E-state index contributed by atoms with van der Waals surface area (Å²) in [5.41, 5.74) is 5.22. The van der Waals surface area contributed by atoms with Crippen molar-refractivity contribution in [2.24, 2.45) is 5.16 Å². The monoisotopic (exact) mass is 662 g/mol. The molecule has 0 radical (unpaired) electrons. The molecule has 0 spiro atoms. The van der Waals surface area contributed by atoms with Gasteiger partial charge in [0.25, 0.3) is 0 Å². The van der Waals surface area contributed by atoms with Gasteiger partial charge in [-0.25, -0.2) is 4.79 Å². The van der Waals surface area contributed by atoms with Gasteiger partial charge in [-0.15, -0.1) is 11.8 Å². The highest BCUT2D eigenvalue weighted by Gasteiger charge is 2.17. The van der Waals surface area contributed by atoms with Crippen LogP contribution in [-0.2, 0) is 9.63 Å². The number of nitrogens with zero attached hydrogens (tertiary/aromatic N) is 2. The van der Waals surface area contributed by atoms with Gasteiger partial charge in [0.1, 0.15) is 5.71 Å². The molecule has 0 unspecified atom stereocenters. The lowest BCUT2D eigenvalue weighted by molar-refractivity contribution is -0.140. The average Bonchev–Trinajstić information content (AvgIpc) is 3.11. The van der Waals surface area contributed by atoms with E-state index in [0.29, 0.717) is 22.8 Å². The van der Waals surface area contributed by atoms with Crippen LogP contribution in [0.25, 0.3) is 0 Å². The molecule has 0 aliphatic heterocycles. The molecule has 0 saturated heterocycles. The lowest BCUT2D eigenvalue weighted by atomic mass is 9.99. The lowest BCUT2D eigenvalue weighted by Gasteiger charge is -2.19. The molecule has 6 nitrogen and oxygen atoms in total. The van der Waals surface area contributed by atoms with Gasteiger partial charge in [-0.3, -0.25) is 9.59 Å². The van der Waals surface area contributed by atoms with Crippen molar-refractivity contribution in [3.8, 4) is 0 Å². The Balaban J connectivity index is 0.000000277. The molecule has 238 valence electrons. The Kier molecular flexibility index (Phi) is 13.1. The van der Waals surface area contributed by atoms with Gasteiger partial charge in [0.2, 0.25) is 5.78 Å². The van der Waals surface area contributed by atoms with Crippen LogP contribution in [0.15, 0.2) is 144 Å². The van der Waals surface area contributed by atoms with Crippen LogP contribution in [-0.4, -0.2) is 36.0 Å². The molecule has 5 aromatic rings. The average molecular weight is 663 g/mol. The van der Waals surface area contributed by atoms with Crippen LogP contribution >= 0.6 is 23.4 Å². The zero-order chi connectivity index (χ0) is 33.6. The smallest absolute Gasteiger partial charge is 0.331 e. The first kappa shape index (κ1) is 34.9. The molecule has 0 saturated carbocycles. The fourth-order valence-corrected chi connectivity index (χ4v) is 5.48. The van der Waals surface area contributed by atoms with E-state index in [1.165, 1.54) is 6.92 Å². The van der Waals surface area contributed by atoms with E-state index in [2.05, 4.69) is 5.16 Å². The second-order valence-corrected chi connectivity index (χ2v) is 12.1. The molecule has 0 N–H and O–H groups in total. The number of carbonyl (C=O) groups excluding carboxylic acids is 3. The second-order valence-electron chi connectivity index (χ2n) is 10.5. The van der Waals surface area contributed by atoms with Crippen molar-refractivity contribution in [3.63, 3.8) is 0 Å². The molecule has 0 fully saturated rings. The Morgan fingerprint density at radius 1 is 0.723 bits per heavy atom. The third kappa shape index (κ3) is 10.5. The first-order chi connectivity index (χ1) is 22.7. The quantitative estimate of drug-likeness (QED) is 0.0461. The Morgan fingerprint density at radius 3 is 1.91 bits per heavy atom. The molecule has 47 heavy (non-hydrogen) atoms.